The van der Waals surface area contributed by atoms with Gasteiger partial charge in [-0.25, -0.2) is 0 Å². The first-order valence-corrected chi connectivity index (χ1v) is 8.63. The molecular formula is C16H23IN2. The van der Waals surface area contributed by atoms with Gasteiger partial charge in [-0.3, -0.25) is 4.90 Å². The minimum Gasteiger partial charge on any atom is -0.312 e. The van der Waals surface area contributed by atoms with Crippen molar-refractivity contribution in [3.8, 4) is 0 Å². The number of benzene rings is 1. The minimum absolute atomic E-state index is 0.740. The van der Waals surface area contributed by atoms with E-state index < -0.39 is 0 Å². The van der Waals surface area contributed by atoms with Crippen LogP contribution in [0.5, 0.6) is 0 Å². The van der Waals surface area contributed by atoms with E-state index in [4.69, 9.17) is 0 Å². The molecule has 1 aromatic carbocycles. The summed E-state index contributed by atoms with van der Waals surface area (Å²) in [5.74, 6) is 0. The lowest BCUT2D eigenvalue weighted by Crippen LogP contribution is -2.49. The topological polar surface area (TPSA) is 15.3 Å². The van der Waals surface area contributed by atoms with Crippen molar-refractivity contribution < 1.29 is 0 Å². The van der Waals surface area contributed by atoms with Gasteiger partial charge in [-0.05, 0) is 79.1 Å². The van der Waals surface area contributed by atoms with Gasteiger partial charge < -0.3 is 5.32 Å². The van der Waals surface area contributed by atoms with E-state index >= 15 is 0 Å². The molecule has 0 radical (unpaired) electrons. The quantitative estimate of drug-likeness (QED) is 0.821. The average molecular weight is 370 g/mol. The number of hydrogen-bond acceptors (Lipinski definition) is 2. The molecule has 3 rings (SSSR count). The SMILES string of the molecule is Ic1ccc(CN2CCCCC2C2CCCN2)cc1. The highest BCUT2D eigenvalue weighted by molar-refractivity contribution is 14.1. The maximum atomic E-state index is 3.71. The first-order chi connectivity index (χ1) is 9.33. The van der Waals surface area contributed by atoms with Crippen LogP contribution >= 0.6 is 22.6 Å². The molecule has 0 spiro atoms. The van der Waals surface area contributed by atoms with E-state index in [-0.39, 0.29) is 0 Å². The fraction of sp³-hybridized carbons (Fsp3) is 0.625. The van der Waals surface area contributed by atoms with Crippen LogP contribution in [0.15, 0.2) is 24.3 Å². The molecule has 2 aliphatic rings. The standard InChI is InChI=1S/C16H23IN2/c17-14-8-6-13(7-9-14)12-19-11-2-1-5-16(19)15-4-3-10-18-15/h6-9,15-16,18H,1-5,10-12H2. The van der Waals surface area contributed by atoms with Crippen LogP contribution in [0.2, 0.25) is 0 Å². The molecule has 0 saturated carbocycles. The molecule has 1 N–H and O–H groups in total. The van der Waals surface area contributed by atoms with Crippen molar-refractivity contribution in [1.29, 1.82) is 0 Å². The van der Waals surface area contributed by atoms with Crippen molar-refractivity contribution in [1.82, 2.24) is 10.2 Å². The molecule has 3 heteroatoms. The third-order valence-corrected chi connectivity index (χ3v) is 5.25. The fourth-order valence-electron chi connectivity index (χ4n) is 3.53. The molecule has 0 bridgehead atoms. The Labute approximate surface area is 130 Å². The molecule has 1 aromatic rings. The van der Waals surface area contributed by atoms with E-state index in [2.05, 4.69) is 57.1 Å². The predicted molar refractivity (Wildman–Crippen MR) is 88.2 cm³/mol. The van der Waals surface area contributed by atoms with E-state index in [0.29, 0.717) is 0 Å². The van der Waals surface area contributed by atoms with E-state index in [1.165, 1.54) is 54.3 Å². The highest BCUT2D eigenvalue weighted by Gasteiger charge is 2.31. The molecule has 0 amide bonds. The van der Waals surface area contributed by atoms with Gasteiger partial charge in [-0.1, -0.05) is 18.6 Å². The number of nitrogens with one attached hydrogen (secondary N) is 1. The first kappa shape index (κ1) is 13.8. The number of rotatable bonds is 3. The van der Waals surface area contributed by atoms with Gasteiger partial charge in [0.2, 0.25) is 0 Å². The fourth-order valence-corrected chi connectivity index (χ4v) is 3.89. The van der Waals surface area contributed by atoms with Gasteiger partial charge in [0.15, 0.2) is 0 Å². The third-order valence-electron chi connectivity index (χ3n) is 4.53. The summed E-state index contributed by atoms with van der Waals surface area (Å²) in [6, 6.07) is 10.5. The highest BCUT2D eigenvalue weighted by atomic mass is 127. The summed E-state index contributed by atoms with van der Waals surface area (Å²) in [6.45, 7) is 3.62. The smallest absolute Gasteiger partial charge is 0.0252 e. The van der Waals surface area contributed by atoms with Crippen molar-refractivity contribution in [3.05, 3.63) is 33.4 Å². The van der Waals surface area contributed by atoms with Gasteiger partial charge in [0.05, 0.1) is 0 Å². The Morgan fingerprint density at radius 2 is 1.95 bits per heavy atom. The lowest BCUT2D eigenvalue weighted by Gasteiger charge is -2.39. The summed E-state index contributed by atoms with van der Waals surface area (Å²) in [5, 5.41) is 3.71. The molecule has 19 heavy (non-hydrogen) atoms. The highest BCUT2D eigenvalue weighted by Crippen LogP contribution is 2.25. The van der Waals surface area contributed by atoms with Crippen molar-refractivity contribution in [2.45, 2.75) is 50.7 Å². The van der Waals surface area contributed by atoms with Crippen molar-refractivity contribution in [3.63, 3.8) is 0 Å². The maximum absolute atomic E-state index is 3.71. The van der Waals surface area contributed by atoms with Crippen LogP contribution in [0.4, 0.5) is 0 Å². The summed E-state index contributed by atoms with van der Waals surface area (Å²) in [5.41, 5.74) is 1.46. The average Bonchev–Trinajstić information content (AvgIpc) is 2.96. The molecular weight excluding hydrogens is 347 g/mol. The Bertz CT molecular complexity index is 398. The molecule has 0 aromatic heterocycles. The predicted octanol–water partition coefficient (Wildman–Crippen LogP) is 3.40. The van der Waals surface area contributed by atoms with Crippen molar-refractivity contribution >= 4 is 22.6 Å². The van der Waals surface area contributed by atoms with E-state index in [0.717, 1.165) is 18.6 Å². The minimum atomic E-state index is 0.740. The third kappa shape index (κ3) is 3.50. The second-order valence-electron chi connectivity index (χ2n) is 5.86. The molecule has 2 nitrogen and oxygen atoms in total. The summed E-state index contributed by atoms with van der Waals surface area (Å²) < 4.78 is 1.33. The van der Waals surface area contributed by atoms with Gasteiger partial charge in [0.25, 0.3) is 0 Å². The van der Waals surface area contributed by atoms with Crippen LogP contribution in [-0.4, -0.2) is 30.1 Å². The van der Waals surface area contributed by atoms with Gasteiger partial charge in [0, 0.05) is 22.2 Å². The van der Waals surface area contributed by atoms with Gasteiger partial charge in [-0.2, -0.15) is 0 Å². The molecule has 2 heterocycles. The van der Waals surface area contributed by atoms with Crippen LogP contribution in [-0.2, 0) is 6.54 Å². The number of halogens is 1. The molecule has 2 atom stereocenters. The molecule has 2 fully saturated rings. The van der Waals surface area contributed by atoms with Crippen LogP contribution in [0.3, 0.4) is 0 Å². The van der Waals surface area contributed by atoms with Crippen molar-refractivity contribution in [2.75, 3.05) is 13.1 Å². The number of hydrogen-bond donors (Lipinski definition) is 1. The number of piperidine rings is 1. The van der Waals surface area contributed by atoms with E-state index in [9.17, 15) is 0 Å². The van der Waals surface area contributed by atoms with Gasteiger partial charge in [-0.15, -0.1) is 0 Å². The van der Waals surface area contributed by atoms with Crippen LogP contribution in [0.25, 0.3) is 0 Å². The summed E-state index contributed by atoms with van der Waals surface area (Å²) in [7, 11) is 0. The second-order valence-corrected chi connectivity index (χ2v) is 7.11. The summed E-state index contributed by atoms with van der Waals surface area (Å²) in [4.78, 5) is 2.72. The molecule has 2 aliphatic heterocycles. The lowest BCUT2D eigenvalue weighted by atomic mass is 9.94. The molecule has 2 saturated heterocycles. The van der Waals surface area contributed by atoms with Crippen LogP contribution in [0.1, 0.15) is 37.7 Å². The molecule has 0 aliphatic carbocycles. The van der Waals surface area contributed by atoms with Gasteiger partial charge in [0.1, 0.15) is 0 Å². The number of likely N-dealkylation sites (tertiary alicyclic amines) is 1. The van der Waals surface area contributed by atoms with E-state index in [1.807, 2.05) is 0 Å². The Morgan fingerprint density at radius 1 is 1.11 bits per heavy atom. The molecule has 2 unspecified atom stereocenters. The molecule has 104 valence electrons. The summed E-state index contributed by atoms with van der Waals surface area (Å²) >= 11 is 2.38. The van der Waals surface area contributed by atoms with Crippen molar-refractivity contribution in [2.24, 2.45) is 0 Å². The zero-order valence-corrected chi connectivity index (χ0v) is 13.6. The Morgan fingerprint density at radius 3 is 2.68 bits per heavy atom. The van der Waals surface area contributed by atoms with Crippen LogP contribution in [0, 0.1) is 3.57 Å². The zero-order chi connectivity index (χ0) is 13.1. The maximum Gasteiger partial charge on any atom is 0.0252 e. The monoisotopic (exact) mass is 370 g/mol. The zero-order valence-electron chi connectivity index (χ0n) is 11.4. The van der Waals surface area contributed by atoms with E-state index in [1.54, 1.807) is 0 Å². The second kappa shape index (κ2) is 6.55. The lowest BCUT2D eigenvalue weighted by molar-refractivity contribution is 0.112. The normalized spacial score (nSPS) is 28.7. The summed E-state index contributed by atoms with van der Waals surface area (Å²) in [6.07, 6.45) is 6.88. The number of nitrogens with zero attached hydrogens (tertiary/aromatic N) is 1. The first-order valence-electron chi connectivity index (χ1n) is 7.55. The Kier molecular flexibility index (Phi) is 4.77. The Hall–Kier alpha value is -0.130. The van der Waals surface area contributed by atoms with Gasteiger partial charge >= 0.3 is 0 Å². The Balaban J connectivity index is 1.67. The largest absolute Gasteiger partial charge is 0.312 e. The van der Waals surface area contributed by atoms with Crippen LogP contribution < -0.4 is 5.32 Å².